The van der Waals surface area contributed by atoms with Crippen molar-refractivity contribution in [2.75, 3.05) is 6.61 Å². The van der Waals surface area contributed by atoms with E-state index in [1.807, 2.05) is 30.3 Å². The average Bonchev–Trinajstić information content (AvgIpc) is 2.56. The number of para-hydroxylation sites is 1. The van der Waals surface area contributed by atoms with Crippen LogP contribution in [0.5, 0.6) is 5.75 Å². The Hall–Kier alpha value is -1.51. The Morgan fingerprint density at radius 3 is 2.22 bits per heavy atom. The molecular weight excluding hydrogens is 288 g/mol. The highest BCUT2D eigenvalue weighted by atomic mass is 16.5. The second-order valence-electron chi connectivity index (χ2n) is 6.41. The van der Waals surface area contributed by atoms with E-state index in [4.69, 9.17) is 4.74 Å². The summed E-state index contributed by atoms with van der Waals surface area (Å²) in [5, 5.41) is 9.85. The molecule has 0 fully saturated rings. The highest BCUT2D eigenvalue weighted by Crippen LogP contribution is 2.36. The first-order chi connectivity index (χ1) is 11.1. The van der Waals surface area contributed by atoms with Gasteiger partial charge in [-0.2, -0.15) is 0 Å². The maximum absolute atomic E-state index is 12.0. The predicted octanol–water partition coefficient (Wildman–Crippen LogP) is 5.69. The summed E-state index contributed by atoms with van der Waals surface area (Å²) < 4.78 is 5.76. The molecule has 0 saturated carbocycles. The summed E-state index contributed by atoms with van der Waals surface area (Å²) in [7, 11) is 0. The van der Waals surface area contributed by atoms with Crippen molar-refractivity contribution >= 4 is 5.97 Å². The molecule has 130 valence electrons. The van der Waals surface area contributed by atoms with Crippen molar-refractivity contribution in [3.63, 3.8) is 0 Å². The first-order valence-electron chi connectivity index (χ1n) is 9.06. The Bertz CT molecular complexity index is 430. The van der Waals surface area contributed by atoms with E-state index in [0.717, 1.165) is 44.3 Å². The van der Waals surface area contributed by atoms with E-state index in [1.165, 1.54) is 12.8 Å². The third kappa shape index (κ3) is 7.06. The van der Waals surface area contributed by atoms with Gasteiger partial charge in [0.25, 0.3) is 0 Å². The summed E-state index contributed by atoms with van der Waals surface area (Å²) in [6.07, 6.45) is 8.57. The minimum atomic E-state index is -0.654. The van der Waals surface area contributed by atoms with E-state index in [2.05, 4.69) is 13.8 Å². The summed E-state index contributed by atoms with van der Waals surface area (Å²) >= 11 is 0. The van der Waals surface area contributed by atoms with Gasteiger partial charge in [0, 0.05) is 0 Å². The maximum atomic E-state index is 12.0. The molecule has 3 heteroatoms. The largest absolute Gasteiger partial charge is 0.494 e. The molecule has 0 spiro atoms. The van der Waals surface area contributed by atoms with Gasteiger partial charge < -0.3 is 9.84 Å². The van der Waals surface area contributed by atoms with Gasteiger partial charge in [-0.3, -0.25) is 4.79 Å². The molecule has 23 heavy (non-hydrogen) atoms. The molecule has 0 bridgehead atoms. The number of rotatable bonds is 13. The normalized spacial score (nSPS) is 13.5. The van der Waals surface area contributed by atoms with Gasteiger partial charge in [0.05, 0.1) is 12.0 Å². The molecule has 1 aromatic carbocycles. The van der Waals surface area contributed by atoms with Crippen molar-refractivity contribution in [2.24, 2.45) is 5.41 Å². The van der Waals surface area contributed by atoms with Crippen LogP contribution < -0.4 is 4.74 Å². The van der Waals surface area contributed by atoms with E-state index in [-0.39, 0.29) is 0 Å². The van der Waals surface area contributed by atoms with Gasteiger partial charge >= 0.3 is 5.97 Å². The Morgan fingerprint density at radius 1 is 0.957 bits per heavy atom. The SMILES string of the molecule is CCCCCCC(CCCC)(CCOc1ccccc1)C(=O)O. The van der Waals surface area contributed by atoms with Crippen LogP contribution in [0.3, 0.4) is 0 Å². The number of hydrogen-bond donors (Lipinski definition) is 1. The summed E-state index contributed by atoms with van der Waals surface area (Å²) in [5.41, 5.74) is -0.626. The van der Waals surface area contributed by atoms with Gasteiger partial charge in [-0.25, -0.2) is 0 Å². The second kappa shape index (κ2) is 11.1. The molecule has 1 N–H and O–H groups in total. The lowest BCUT2D eigenvalue weighted by Crippen LogP contribution is -2.33. The van der Waals surface area contributed by atoms with Crippen LogP contribution in [0.2, 0.25) is 0 Å². The van der Waals surface area contributed by atoms with Crippen molar-refractivity contribution in [1.82, 2.24) is 0 Å². The summed E-state index contributed by atoms with van der Waals surface area (Å²) in [6, 6.07) is 9.64. The topological polar surface area (TPSA) is 46.5 Å². The van der Waals surface area contributed by atoms with Crippen LogP contribution in [0, 0.1) is 5.41 Å². The van der Waals surface area contributed by atoms with Gasteiger partial charge in [-0.1, -0.05) is 70.6 Å². The molecule has 0 aliphatic rings. The number of aliphatic carboxylic acids is 1. The quantitative estimate of drug-likeness (QED) is 0.475. The molecule has 1 aromatic rings. The van der Waals surface area contributed by atoms with E-state index in [1.54, 1.807) is 0 Å². The van der Waals surface area contributed by atoms with Gasteiger partial charge in [0.2, 0.25) is 0 Å². The molecule has 0 aromatic heterocycles. The number of hydrogen-bond acceptors (Lipinski definition) is 2. The average molecular weight is 320 g/mol. The molecule has 0 aliphatic carbocycles. The molecule has 0 radical (unpaired) electrons. The van der Waals surface area contributed by atoms with E-state index < -0.39 is 11.4 Å². The molecule has 3 nitrogen and oxygen atoms in total. The van der Waals surface area contributed by atoms with Crippen molar-refractivity contribution in [3.8, 4) is 5.75 Å². The highest BCUT2D eigenvalue weighted by molar-refractivity contribution is 5.74. The van der Waals surface area contributed by atoms with Crippen molar-refractivity contribution in [3.05, 3.63) is 30.3 Å². The zero-order valence-electron chi connectivity index (χ0n) is 14.7. The number of ether oxygens (including phenoxy) is 1. The zero-order chi connectivity index (χ0) is 17.0. The van der Waals surface area contributed by atoms with Crippen LogP contribution in [-0.2, 0) is 4.79 Å². The molecule has 0 saturated heterocycles. The van der Waals surface area contributed by atoms with Gasteiger partial charge in [0.15, 0.2) is 0 Å². The fraction of sp³-hybridized carbons (Fsp3) is 0.650. The highest BCUT2D eigenvalue weighted by Gasteiger charge is 2.37. The number of unbranched alkanes of at least 4 members (excludes halogenated alkanes) is 4. The Balaban J connectivity index is 2.61. The monoisotopic (exact) mass is 320 g/mol. The van der Waals surface area contributed by atoms with Crippen LogP contribution >= 0.6 is 0 Å². The third-order valence-electron chi connectivity index (χ3n) is 4.56. The van der Waals surface area contributed by atoms with Crippen LogP contribution in [0.4, 0.5) is 0 Å². The van der Waals surface area contributed by atoms with Crippen LogP contribution in [-0.4, -0.2) is 17.7 Å². The van der Waals surface area contributed by atoms with Crippen LogP contribution in [0.15, 0.2) is 30.3 Å². The number of carboxylic acids is 1. The molecule has 0 amide bonds. The Labute approximate surface area is 141 Å². The number of carbonyl (C=O) groups is 1. The van der Waals surface area contributed by atoms with Gasteiger partial charge in [0.1, 0.15) is 5.75 Å². The zero-order valence-corrected chi connectivity index (χ0v) is 14.7. The lowest BCUT2D eigenvalue weighted by molar-refractivity contribution is -0.151. The third-order valence-corrected chi connectivity index (χ3v) is 4.56. The van der Waals surface area contributed by atoms with Crippen LogP contribution in [0.25, 0.3) is 0 Å². The molecular formula is C20H32O3. The van der Waals surface area contributed by atoms with E-state index in [0.29, 0.717) is 13.0 Å². The summed E-state index contributed by atoms with van der Waals surface area (Å²) in [4.78, 5) is 12.0. The number of benzene rings is 1. The van der Waals surface area contributed by atoms with Crippen LogP contribution in [0.1, 0.15) is 71.6 Å². The fourth-order valence-corrected chi connectivity index (χ4v) is 2.98. The van der Waals surface area contributed by atoms with Gasteiger partial charge in [-0.15, -0.1) is 0 Å². The molecule has 0 heterocycles. The maximum Gasteiger partial charge on any atom is 0.309 e. The smallest absolute Gasteiger partial charge is 0.309 e. The van der Waals surface area contributed by atoms with Crippen molar-refractivity contribution in [2.45, 2.75) is 71.6 Å². The van der Waals surface area contributed by atoms with Crippen molar-refractivity contribution in [1.29, 1.82) is 0 Å². The first-order valence-corrected chi connectivity index (χ1v) is 9.06. The molecule has 0 aliphatic heterocycles. The molecule has 1 unspecified atom stereocenters. The van der Waals surface area contributed by atoms with E-state index >= 15 is 0 Å². The first kappa shape index (κ1) is 19.5. The predicted molar refractivity (Wildman–Crippen MR) is 94.9 cm³/mol. The second-order valence-corrected chi connectivity index (χ2v) is 6.41. The minimum Gasteiger partial charge on any atom is -0.494 e. The minimum absolute atomic E-state index is 0.466. The Morgan fingerprint density at radius 2 is 1.61 bits per heavy atom. The molecule has 1 atom stereocenters. The number of carboxylic acid groups (broad SMARTS) is 1. The summed E-state index contributed by atoms with van der Waals surface area (Å²) in [6.45, 7) is 4.76. The summed E-state index contributed by atoms with van der Waals surface area (Å²) in [5.74, 6) is 0.160. The Kier molecular flexibility index (Phi) is 9.42. The van der Waals surface area contributed by atoms with Crippen molar-refractivity contribution < 1.29 is 14.6 Å². The lowest BCUT2D eigenvalue weighted by Gasteiger charge is -2.29. The van der Waals surface area contributed by atoms with E-state index in [9.17, 15) is 9.90 Å². The standard InChI is InChI=1S/C20H32O3/c1-3-5-7-11-15-20(19(21)22,14-6-4-2)16-17-23-18-12-9-8-10-13-18/h8-10,12-13H,3-7,11,14-17H2,1-2H3,(H,21,22). The lowest BCUT2D eigenvalue weighted by atomic mass is 9.75. The molecule has 1 rings (SSSR count). The fourth-order valence-electron chi connectivity index (χ4n) is 2.98. The van der Waals surface area contributed by atoms with Gasteiger partial charge in [-0.05, 0) is 31.4 Å².